The number of hydrogen-bond donors (Lipinski definition) is 2. The summed E-state index contributed by atoms with van der Waals surface area (Å²) in [5.41, 5.74) is 0. The van der Waals surface area contributed by atoms with Crippen LogP contribution in [0.15, 0.2) is 0 Å². The van der Waals surface area contributed by atoms with Gasteiger partial charge in [0.1, 0.15) is 6.10 Å². The molecule has 0 heterocycles. The van der Waals surface area contributed by atoms with Gasteiger partial charge in [-0.1, -0.05) is 0 Å². The van der Waals surface area contributed by atoms with E-state index in [4.69, 9.17) is 14.2 Å². The molecule has 2 N–H and O–H groups in total. The summed E-state index contributed by atoms with van der Waals surface area (Å²) in [7, 11) is 3.61. The smallest absolute Gasteiger partial charge is 0.101 e. The molecule has 0 aromatic carbocycles. The second kappa shape index (κ2) is 8.82. The average Bonchev–Trinajstić information content (AvgIpc) is 2.29. The SMILES string of the molecule is CNCC1CC(OCC(O)COC(C)COC)C1. The Balaban J connectivity index is 1.96. The van der Waals surface area contributed by atoms with E-state index in [9.17, 15) is 5.11 Å². The van der Waals surface area contributed by atoms with Gasteiger partial charge in [0.2, 0.25) is 0 Å². The minimum Gasteiger partial charge on any atom is -0.388 e. The molecule has 5 heteroatoms. The van der Waals surface area contributed by atoms with Gasteiger partial charge in [-0.3, -0.25) is 0 Å². The quantitative estimate of drug-likeness (QED) is 0.596. The van der Waals surface area contributed by atoms with Crippen LogP contribution >= 0.6 is 0 Å². The lowest BCUT2D eigenvalue weighted by atomic mass is 9.82. The van der Waals surface area contributed by atoms with E-state index in [1.54, 1.807) is 7.11 Å². The molecule has 0 radical (unpaired) electrons. The Hall–Kier alpha value is -0.200. The fraction of sp³-hybridized carbons (Fsp3) is 1.00. The summed E-state index contributed by atoms with van der Waals surface area (Å²) in [5.74, 6) is 0.732. The maximum Gasteiger partial charge on any atom is 0.101 e. The van der Waals surface area contributed by atoms with Crippen molar-refractivity contribution >= 4 is 0 Å². The predicted molar refractivity (Wildman–Crippen MR) is 69.7 cm³/mol. The Morgan fingerprint density at radius 2 is 2.00 bits per heavy atom. The molecule has 0 aliphatic heterocycles. The van der Waals surface area contributed by atoms with Gasteiger partial charge < -0.3 is 24.6 Å². The molecule has 5 nitrogen and oxygen atoms in total. The monoisotopic (exact) mass is 261 g/mol. The highest BCUT2D eigenvalue weighted by molar-refractivity contribution is 4.81. The van der Waals surface area contributed by atoms with E-state index in [-0.39, 0.29) is 6.10 Å². The molecule has 2 atom stereocenters. The van der Waals surface area contributed by atoms with Crippen LogP contribution in [0.2, 0.25) is 0 Å². The lowest BCUT2D eigenvalue weighted by molar-refractivity contribution is -0.0935. The first-order valence-corrected chi connectivity index (χ1v) is 6.70. The molecule has 0 spiro atoms. The number of hydrogen-bond acceptors (Lipinski definition) is 5. The van der Waals surface area contributed by atoms with Crippen molar-refractivity contribution in [3.63, 3.8) is 0 Å². The summed E-state index contributed by atoms with van der Waals surface area (Å²) in [5, 5.41) is 12.9. The van der Waals surface area contributed by atoms with E-state index >= 15 is 0 Å². The number of methoxy groups -OCH3 is 1. The number of rotatable bonds is 10. The van der Waals surface area contributed by atoms with Crippen molar-refractivity contribution < 1.29 is 19.3 Å². The molecular formula is C13H27NO4. The minimum atomic E-state index is -0.548. The minimum absolute atomic E-state index is 0.00774. The summed E-state index contributed by atoms with van der Waals surface area (Å²) in [4.78, 5) is 0. The number of aliphatic hydroxyl groups excluding tert-OH is 1. The van der Waals surface area contributed by atoms with Gasteiger partial charge in [-0.25, -0.2) is 0 Å². The first kappa shape index (κ1) is 15.9. The van der Waals surface area contributed by atoms with Crippen molar-refractivity contribution in [2.24, 2.45) is 5.92 Å². The van der Waals surface area contributed by atoms with Gasteiger partial charge in [-0.05, 0) is 39.3 Å². The van der Waals surface area contributed by atoms with Crippen LogP contribution in [0.1, 0.15) is 19.8 Å². The third-order valence-electron chi connectivity index (χ3n) is 3.18. The zero-order valence-electron chi connectivity index (χ0n) is 11.7. The standard InChI is InChI=1S/C13H27NO4/c1-10(7-16-3)17-8-12(15)9-18-13-4-11(5-13)6-14-2/h10-15H,4-9H2,1-3H3. The zero-order chi connectivity index (χ0) is 13.4. The molecule has 0 bridgehead atoms. The summed E-state index contributed by atoms with van der Waals surface area (Å²) in [6, 6.07) is 0. The second-order valence-corrected chi connectivity index (χ2v) is 5.10. The number of nitrogens with one attached hydrogen (secondary N) is 1. The van der Waals surface area contributed by atoms with Crippen molar-refractivity contribution in [2.75, 3.05) is 40.5 Å². The summed E-state index contributed by atoms with van der Waals surface area (Å²) < 4.78 is 16.0. The molecule has 2 unspecified atom stereocenters. The molecule has 0 aromatic heterocycles. The van der Waals surface area contributed by atoms with Crippen LogP contribution in [-0.2, 0) is 14.2 Å². The zero-order valence-corrected chi connectivity index (χ0v) is 11.7. The highest BCUT2D eigenvalue weighted by atomic mass is 16.5. The first-order valence-electron chi connectivity index (χ1n) is 6.70. The molecule has 108 valence electrons. The van der Waals surface area contributed by atoms with E-state index in [0.29, 0.717) is 25.9 Å². The molecule has 1 aliphatic rings. The fourth-order valence-electron chi connectivity index (χ4n) is 2.12. The Labute approximate surface area is 110 Å². The van der Waals surface area contributed by atoms with Crippen LogP contribution in [-0.4, -0.2) is 63.9 Å². The van der Waals surface area contributed by atoms with Crippen molar-refractivity contribution in [1.29, 1.82) is 0 Å². The van der Waals surface area contributed by atoms with Crippen molar-refractivity contribution in [3.05, 3.63) is 0 Å². The normalized spacial score (nSPS) is 26.7. The van der Waals surface area contributed by atoms with Crippen molar-refractivity contribution in [1.82, 2.24) is 5.32 Å². The van der Waals surface area contributed by atoms with Crippen LogP contribution in [0.5, 0.6) is 0 Å². The molecule has 0 amide bonds. The van der Waals surface area contributed by atoms with Crippen LogP contribution < -0.4 is 5.32 Å². The Morgan fingerprint density at radius 3 is 2.61 bits per heavy atom. The maximum atomic E-state index is 9.70. The highest BCUT2D eigenvalue weighted by Crippen LogP contribution is 2.29. The summed E-state index contributed by atoms with van der Waals surface area (Å²) in [6.45, 7) is 4.18. The van der Waals surface area contributed by atoms with Gasteiger partial charge in [0.05, 0.1) is 32.0 Å². The van der Waals surface area contributed by atoms with Gasteiger partial charge in [0.25, 0.3) is 0 Å². The van der Waals surface area contributed by atoms with E-state index in [2.05, 4.69) is 5.32 Å². The van der Waals surface area contributed by atoms with E-state index < -0.39 is 6.10 Å². The molecule has 0 aromatic rings. The van der Waals surface area contributed by atoms with Crippen molar-refractivity contribution in [3.8, 4) is 0 Å². The number of ether oxygens (including phenoxy) is 3. The van der Waals surface area contributed by atoms with E-state index in [1.807, 2.05) is 14.0 Å². The molecule has 0 saturated heterocycles. The maximum absolute atomic E-state index is 9.70. The largest absolute Gasteiger partial charge is 0.388 e. The first-order chi connectivity index (χ1) is 8.65. The molecule has 1 rings (SSSR count). The average molecular weight is 261 g/mol. The predicted octanol–water partition coefficient (Wildman–Crippen LogP) is 0.413. The second-order valence-electron chi connectivity index (χ2n) is 5.10. The summed E-state index contributed by atoms with van der Waals surface area (Å²) >= 11 is 0. The van der Waals surface area contributed by atoms with Crippen LogP contribution in [0.3, 0.4) is 0 Å². The van der Waals surface area contributed by atoms with E-state index in [1.165, 1.54) is 0 Å². The van der Waals surface area contributed by atoms with Crippen LogP contribution in [0.25, 0.3) is 0 Å². The van der Waals surface area contributed by atoms with Crippen LogP contribution in [0.4, 0.5) is 0 Å². The Kier molecular flexibility index (Phi) is 7.77. The van der Waals surface area contributed by atoms with Gasteiger partial charge >= 0.3 is 0 Å². The molecule has 1 aliphatic carbocycles. The van der Waals surface area contributed by atoms with Gasteiger partial charge in [0, 0.05) is 7.11 Å². The molecule has 1 saturated carbocycles. The van der Waals surface area contributed by atoms with E-state index in [0.717, 1.165) is 25.3 Å². The fourth-order valence-corrected chi connectivity index (χ4v) is 2.12. The summed E-state index contributed by atoms with van der Waals surface area (Å²) in [6.07, 6.45) is 1.96. The highest BCUT2D eigenvalue weighted by Gasteiger charge is 2.29. The van der Waals surface area contributed by atoms with Crippen LogP contribution in [0, 0.1) is 5.92 Å². The molecule has 18 heavy (non-hydrogen) atoms. The molecular weight excluding hydrogens is 234 g/mol. The van der Waals surface area contributed by atoms with Gasteiger partial charge in [-0.2, -0.15) is 0 Å². The van der Waals surface area contributed by atoms with Gasteiger partial charge in [0.15, 0.2) is 0 Å². The topological polar surface area (TPSA) is 60.0 Å². The number of aliphatic hydroxyl groups is 1. The Morgan fingerprint density at radius 1 is 1.28 bits per heavy atom. The van der Waals surface area contributed by atoms with Gasteiger partial charge in [-0.15, -0.1) is 0 Å². The molecule has 1 fully saturated rings. The lowest BCUT2D eigenvalue weighted by Crippen LogP contribution is -2.39. The lowest BCUT2D eigenvalue weighted by Gasteiger charge is -2.35. The third-order valence-corrected chi connectivity index (χ3v) is 3.18. The third kappa shape index (κ3) is 6.11. The van der Waals surface area contributed by atoms with Crippen molar-refractivity contribution in [2.45, 2.75) is 38.1 Å². The Bertz CT molecular complexity index is 209.